The SMILES string of the molecule is N#Cc1cc(-c2ccc(Cn3cnc4ccccc43)cc2)ccc1O. The summed E-state index contributed by atoms with van der Waals surface area (Å²) >= 11 is 0. The summed E-state index contributed by atoms with van der Waals surface area (Å²) in [5.74, 6) is 0.00913. The van der Waals surface area contributed by atoms with Crippen LogP contribution in [0.5, 0.6) is 5.75 Å². The highest BCUT2D eigenvalue weighted by Gasteiger charge is 2.05. The van der Waals surface area contributed by atoms with E-state index < -0.39 is 0 Å². The summed E-state index contributed by atoms with van der Waals surface area (Å²) < 4.78 is 2.12. The topological polar surface area (TPSA) is 61.8 Å². The molecular formula is C21H15N3O. The third-order valence-corrected chi connectivity index (χ3v) is 4.28. The largest absolute Gasteiger partial charge is 0.507 e. The molecule has 120 valence electrons. The summed E-state index contributed by atoms with van der Waals surface area (Å²) in [5, 5.41) is 18.7. The molecule has 0 aliphatic heterocycles. The van der Waals surface area contributed by atoms with E-state index in [1.54, 1.807) is 12.1 Å². The zero-order valence-electron chi connectivity index (χ0n) is 13.4. The number of phenols is 1. The fourth-order valence-electron chi connectivity index (χ4n) is 2.94. The predicted octanol–water partition coefficient (Wildman–Crippen LogP) is 4.33. The molecule has 0 spiro atoms. The number of fused-ring (bicyclic) bond motifs is 1. The lowest BCUT2D eigenvalue weighted by Gasteiger charge is -2.07. The first kappa shape index (κ1) is 15.0. The molecule has 4 rings (SSSR count). The Labute approximate surface area is 145 Å². The van der Waals surface area contributed by atoms with E-state index in [1.807, 2.05) is 48.8 Å². The Morgan fingerprint density at radius 2 is 1.72 bits per heavy atom. The summed E-state index contributed by atoms with van der Waals surface area (Å²) in [6.07, 6.45) is 1.86. The van der Waals surface area contributed by atoms with E-state index in [-0.39, 0.29) is 11.3 Å². The van der Waals surface area contributed by atoms with Crippen LogP contribution in [0.4, 0.5) is 0 Å². The summed E-state index contributed by atoms with van der Waals surface area (Å²) in [4.78, 5) is 4.42. The molecule has 0 unspecified atom stereocenters. The number of hydrogen-bond acceptors (Lipinski definition) is 3. The van der Waals surface area contributed by atoms with Crippen LogP contribution in [0.2, 0.25) is 0 Å². The van der Waals surface area contributed by atoms with Gasteiger partial charge in [-0.25, -0.2) is 4.98 Å². The van der Waals surface area contributed by atoms with Crippen molar-refractivity contribution in [2.75, 3.05) is 0 Å². The second-order valence-corrected chi connectivity index (χ2v) is 5.90. The average molecular weight is 325 g/mol. The van der Waals surface area contributed by atoms with Crippen LogP contribution in [0, 0.1) is 11.3 Å². The van der Waals surface area contributed by atoms with Gasteiger partial charge in [-0.3, -0.25) is 0 Å². The van der Waals surface area contributed by atoms with Crippen molar-refractivity contribution in [3.8, 4) is 22.9 Å². The van der Waals surface area contributed by atoms with Gasteiger partial charge in [0.1, 0.15) is 11.8 Å². The van der Waals surface area contributed by atoms with Crippen molar-refractivity contribution in [2.24, 2.45) is 0 Å². The number of phenolic OH excluding ortho intramolecular Hbond substituents is 1. The van der Waals surface area contributed by atoms with Crippen LogP contribution in [-0.4, -0.2) is 14.7 Å². The Balaban J connectivity index is 1.61. The van der Waals surface area contributed by atoms with Crippen LogP contribution >= 0.6 is 0 Å². The molecule has 0 bridgehead atoms. The Morgan fingerprint density at radius 3 is 2.52 bits per heavy atom. The molecular weight excluding hydrogens is 310 g/mol. The zero-order valence-corrected chi connectivity index (χ0v) is 13.4. The normalized spacial score (nSPS) is 10.7. The van der Waals surface area contributed by atoms with Gasteiger partial charge in [0.15, 0.2) is 0 Å². The van der Waals surface area contributed by atoms with Crippen LogP contribution in [-0.2, 0) is 6.54 Å². The van der Waals surface area contributed by atoms with Gasteiger partial charge >= 0.3 is 0 Å². The zero-order chi connectivity index (χ0) is 17.2. The van der Waals surface area contributed by atoms with Gasteiger partial charge in [0.25, 0.3) is 0 Å². The number of rotatable bonds is 3. The van der Waals surface area contributed by atoms with E-state index in [0.717, 1.165) is 28.7 Å². The molecule has 1 aromatic heterocycles. The number of para-hydroxylation sites is 2. The van der Waals surface area contributed by atoms with Gasteiger partial charge in [0.2, 0.25) is 0 Å². The molecule has 4 nitrogen and oxygen atoms in total. The molecule has 1 heterocycles. The van der Waals surface area contributed by atoms with Crippen LogP contribution in [0.3, 0.4) is 0 Å². The van der Waals surface area contributed by atoms with Crippen LogP contribution in [0.15, 0.2) is 73.1 Å². The second kappa shape index (κ2) is 6.14. The van der Waals surface area contributed by atoms with Crippen molar-refractivity contribution >= 4 is 11.0 Å². The molecule has 0 saturated carbocycles. The number of benzene rings is 3. The smallest absolute Gasteiger partial charge is 0.133 e. The quantitative estimate of drug-likeness (QED) is 0.610. The molecule has 0 radical (unpaired) electrons. The third kappa shape index (κ3) is 2.84. The summed E-state index contributed by atoms with van der Waals surface area (Å²) in [6.45, 7) is 0.750. The maximum atomic E-state index is 9.63. The molecule has 1 N–H and O–H groups in total. The van der Waals surface area contributed by atoms with Gasteiger partial charge in [-0.15, -0.1) is 0 Å². The Bertz CT molecular complexity index is 1090. The monoisotopic (exact) mass is 325 g/mol. The van der Waals surface area contributed by atoms with Crippen molar-refractivity contribution in [3.63, 3.8) is 0 Å². The number of aromatic hydroxyl groups is 1. The van der Waals surface area contributed by atoms with E-state index in [2.05, 4.69) is 27.8 Å². The fraction of sp³-hybridized carbons (Fsp3) is 0.0476. The van der Waals surface area contributed by atoms with E-state index in [9.17, 15) is 5.11 Å². The third-order valence-electron chi connectivity index (χ3n) is 4.28. The van der Waals surface area contributed by atoms with E-state index >= 15 is 0 Å². The van der Waals surface area contributed by atoms with E-state index in [4.69, 9.17) is 5.26 Å². The van der Waals surface area contributed by atoms with Crippen molar-refractivity contribution in [3.05, 3.63) is 84.2 Å². The lowest BCUT2D eigenvalue weighted by atomic mass is 10.0. The molecule has 4 aromatic rings. The Kier molecular flexibility index (Phi) is 3.68. The minimum atomic E-state index is 0.00913. The predicted molar refractivity (Wildman–Crippen MR) is 97.1 cm³/mol. The molecule has 0 fully saturated rings. The number of nitriles is 1. The van der Waals surface area contributed by atoms with Crippen molar-refractivity contribution in [1.82, 2.24) is 9.55 Å². The van der Waals surface area contributed by atoms with Crippen molar-refractivity contribution in [2.45, 2.75) is 6.54 Å². The first-order chi connectivity index (χ1) is 12.2. The minimum absolute atomic E-state index is 0.00913. The fourth-order valence-corrected chi connectivity index (χ4v) is 2.94. The standard InChI is InChI=1S/C21H15N3O/c22-12-18-11-17(9-10-21(18)25)16-7-5-15(6-8-16)13-24-14-23-19-3-1-2-4-20(19)24/h1-11,14,25H,13H2. The first-order valence-corrected chi connectivity index (χ1v) is 7.97. The van der Waals surface area contributed by atoms with Gasteiger partial charge in [-0.05, 0) is 41.0 Å². The molecule has 25 heavy (non-hydrogen) atoms. The summed E-state index contributed by atoms with van der Waals surface area (Å²) in [6, 6.07) is 23.4. The van der Waals surface area contributed by atoms with Gasteiger partial charge in [0.05, 0.1) is 22.9 Å². The molecule has 0 aliphatic carbocycles. The van der Waals surface area contributed by atoms with Crippen molar-refractivity contribution in [1.29, 1.82) is 5.26 Å². The summed E-state index contributed by atoms with van der Waals surface area (Å²) in [7, 11) is 0. The molecule has 0 aliphatic rings. The van der Waals surface area contributed by atoms with E-state index in [1.165, 1.54) is 5.56 Å². The van der Waals surface area contributed by atoms with Crippen LogP contribution in [0.25, 0.3) is 22.2 Å². The average Bonchev–Trinajstić information content (AvgIpc) is 3.06. The van der Waals surface area contributed by atoms with Gasteiger partial charge in [0, 0.05) is 6.54 Å². The lowest BCUT2D eigenvalue weighted by Crippen LogP contribution is -1.97. The van der Waals surface area contributed by atoms with E-state index in [0.29, 0.717) is 0 Å². The first-order valence-electron chi connectivity index (χ1n) is 7.97. The van der Waals surface area contributed by atoms with Gasteiger partial charge in [-0.2, -0.15) is 5.26 Å². The molecule has 3 aromatic carbocycles. The van der Waals surface area contributed by atoms with Gasteiger partial charge in [-0.1, -0.05) is 42.5 Å². The molecule has 0 saturated heterocycles. The highest BCUT2D eigenvalue weighted by atomic mass is 16.3. The highest BCUT2D eigenvalue weighted by Crippen LogP contribution is 2.26. The maximum Gasteiger partial charge on any atom is 0.133 e. The van der Waals surface area contributed by atoms with Crippen LogP contribution in [0.1, 0.15) is 11.1 Å². The molecule has 0 atom stereocenters. The lowest BCUT2D eigenvalue weighted by molar-refractivity contribution is 0.473. The molecule has 4 heteroatoms. The number of imidazole rings is 1. The maximum absolute atomic E-state index is 9.63. The van der Waals surface area contributed by atoms with Crippen LogP contribution < -0.4 is 0 Å². The Morgan fingerprint density at radius 1 is 0.960 bits per heavy atom. The molecule has 0 amide bonds. The second-order valence-electron chi connectivity index (χ2n) is 5.90. The number of nitrogens with zero attached hydrogens (tertiary/aromatic N) is 3. The minimum Gasteiger partial charge on any atom is -0.507 e. The van der Waals surface area contributed by atoms with Gasteiger partial charge < -0.3 is 9.67 Å². The highest BCUT2D eigenvalue weighted by molar-refractivity contribution is 5.75. The number of hydrogen-bond donors (Lipinski definition) is 1. The number of aromatic nitrogens is 2. The van der Waals surface area contributed by atoms with Crippen molar-refractivity contribution < 1.29 is 5.11 Å². The summed E-state index contributed by atoms with van der Waals surface area (Å²) in [5.41, 5.74) is 5.48. The Hall–Kier alpha value is -3.58.